The van der Waals surface area contributed by atoms with Crippen molar-refractivity contribution in [3.63, 3.8) is 0 Å². The Kier molecular flexibility index (Phi) is 6.86. The van der Waals surface area contributed by atoms with Crippen LogP contribution in [0.15, 0.2) is 18.2 Å². The zero-order valence-corrected chi connectivity index (χ0v) is 13.6. The Labute approximate surface area is 123 Å². The lowest BCUT2D eigenvalue weighted by molar-refractivity contribution is 0.227. The smallest absolute Gasteiger partial charge is 0.165 e. The van der Waals surface area contributed by atoms with Crippen molar-refractivity contribution < 1.29 is 9.47 Å². The van der Waals surface area contributed by atoms with E-state index in [9.17, 15) is 0 Å². The highest BCUT2D eigenvalue weighted by Gasteiger charge is 2.14. The van der Waals surface area contributed by atoms with Gasteiger partial charge in [0, 0.05) is 12.1 Å². The van der Waals surface area contributed by atoms with Gasteiger partial charge < -0.3 is 14.8 Å². The molecular formula is C17H29NO2. The average molecular weight is 279 g/mol. The van der Waals surface area contributed by atoms with Crippen molar-refractivity contribution in [2.75, 3.05) is 19.8 Å². The van der Waals surface area contributed by atoms with Crippen LogP contribution in [0.3, 0.4) is 0 Å². The molecule has 0 saturated heterocycles. The zero-order valence-electron chi connectivity index (χ0n) is 13.6. The van der Waals surface area contributed by atoms with Gasteiger partial charge in [0.25, 0.3) is 0 Å². The molecule has 0 bridgehead atoms. The Bertz CT molecular complexity index is 396. The van der Waals surface area contributed by atoms with Gasteiger partial charge in [0.15, 0.2) is 11.5 Å². The first-order valence-electron chi connectivity index (χ1n) is 7.56. The molecule has 0 aliphatic heterocycles. The van der Waals surface area contributed by atoms with E-state index >= 15 is 0 Å². The highest BCUT2D eigenvalue weighted by Crippen LogP contribution is 2.32. The number of rotatable bonds is 8. The summed E-state index contributed by atoms with van der Waals surface area (Å²) in [5.41, 5.74) is 1.44. The Morgan fingerprint density at radius 2 is 1.85 bits per heavy atom. The van der Waals surface area contributed by atoms with Gasteiger partial charge in [-0.25, -0.2) is 0 Å². The van der Waals surface area contributed by atoms with Crippen molar-refractivity contribution in [1.82, 2.24) is 5.32 Å². The molecule has 0 fully saturated rings. The number of para-hydroxylation sites is 1. The van der Waals surface area contributed by atoms with E-state index in [2.05, 4.69) is 39.1 Å². The first-order valence-corrected chi connectivity index (χ1v) is 7.56. The van der Waals surface area contributed by atoms with Gasteiger partial charge in [0.1, 0.15) is 0 Å². The van der Waals surface area contributed by atoms with Crippen molar-refractivity contribution in [2.45, 2.75) is 47.6 Å². The fraction of sp³-hybridized carbons (Fsp3) is 0.647. The van der Waals surface area contributed by atoms with Gasteiger partial charge in [-0.05, 0) is 31.4 Å². The standard InChI is InChI=1S/C17H29NO2/c1-6-18-13-14-9-8-10-15(19-7-2)16(14)20-12-11-17(3,4)5/h8-10,18H,6-7,11-13H2,1-5H3. The fourth-order valence-electron chi connectivity index (χ4n) is 1.85. The number of ether oxygens (including phenoxy) is 2. The fourth-order valence-corrected chi connectivity index (χ4v) is 1.85. The SMILES string of the molecule is CCNCc1cccc(OCC)c1OCCC(C)(C)C. The molecule has 1 N–H and O–H groups in total. The largest absolute Gasteiger partial charge is 0.490 e. The lowest BCUT2D eigenvalue weighted by Gasteiger charge is -2.20. The molecule has 0 aliphatic rings. The third kappa shape index (κ3) is 5.83. The predicted octanol–water partition coefficient (Wildman–Crippen LogP) is 4.01. The van der Waals surface area contributed by atoms with Crippen LogP contribution in [0.4, 0.5) is 0 Å². The van der Waals surface area contributed by atoms with Crippen LogP contribution in [0.2, 0.25) is 0 Å². The summed E-state index contributed by atoms with van der Waals surface area (Å²) >= 11 is 0. The van der Waals surface area contributed by atoms with Gasteiger partial charge in [-0.15, -0.1) is 0 Å². The number of hydrogen-bond donors (Lipinski definition) is 1. The Morgan fingerprint density at radius 3 is 2.45 bits per heavy atom. The molecule has 3 nitrogen and oxygen atoms in total. The van der Waals surface area contributed by atoms with E-state index in [-0.39, 0.29) is 5.41 Å². The van der Waals surface area contributed by atoms with Gasteiger partial charge in [-0.3, -0.25) is 0 Å². The highest BCUT2D eigenvalue weighted by atomic mass is 16.5. The molecule has 1 aromatic carbocycles. The summed E-state index contributed by atoms with van der Waals surface area (Å²) in [6.45, 7) is 13.9. The Morgan fingerprint density at radius 1 is 1.10 bits per heavy atom. The molecule has 0 unspecified atom stereocenters. The summed E-state index contributed by atoms with van der Waals surface area (Å²) in [5.74, 6) is 1.73. The molecule has 0 saturated carbocycles. The van der Waals surface area contributed by atoms with Crippen LogP contribution < -0.4 is 14.8 Å². The summed E-state index contributed by atoms with van der Waals surface area (Å²) in [6, 6.07) is 6.09. The topological polar surface area (TPSA) is 30.5 Å². The van der Waals surface area contributed by atoms with Crippen molar-refractivity contribution in [3.05, 3.63) is 23.8 Å². The van der Waals surface area contributed by atoms with Crippen molar-refractivity contribution in [1.29, 1.82) is 0 Å². The number of hydrogen-bond acceptors (Lipinski definition) is 3. The molecule has 0 aliphatic carbocycles. The normalized spacial score (nSPS) is 11.4. The molecule has 3 heteroatoms. The van der Waals surface area contributed by atoms with E-state index in [0.717, 1.165) is 36.6 Å². The van der Waals surface area contributed by atoms with Crippen LogP contribution in [-0.4, -0.2) is 19.8 Å². The zero-order chi connectivity index (χ0) is 15.0. The third-order valence-corrected chi connectivity index (χ3v) is 3.02. The van der Waals surface area contributed by atoms with Gasteiger partial charge in [-0.1, -0.05) is 39.8 Å². The maximum absolute atomic E-state index is 6.03. The lowest BCUT2D eigenvalue weighted by atomic mass is 9.93. The van der Waals surface area contributed by atoms with Crippen LogP contribution in [0.1, 0.15) is 46.6 Å². The van der Waals surface area contributed by atoms with Gasteiger partial charge in [-0.2, -0.15) is 0 Å². The molecule has 114 valence electrons. The van der Waals surface area contributed by atoms with Crippen LogP contribution in [-0.2, 0) is 6.54 Å². The summed E-state index contributed by atoms with van der Waals surface area (Å²) in [4.78, 5) is 0. The molecule has 0 radical (unpaired) electrons. The van der Waals surface area contributed by atoms with Crippen LogP contribution in [0.25, 0.3) is 0 Å². The van der Waals surface area contributed by atoms with Crippen LogP contribution in [0.5, 0.6) is 11.5 Å². The maximum atomic E-state index is 6.03. The van der Waals surface area contributed by atoms with Crippen LogP contribution >= 0.6 is 0 Å². The average Bonchev–Trinajstić information content (AvgIpc) is 2.37. The molecular weight excluding hydrogens is 250 g/mol. The van der Waals surface area contributed by atoms with E-state index in [1.807, 2.05) is 19.1 Å². The van der Waals surface area contributed by atoms with Gasteiger partial charge >= 0.3 is 0 Å². The van der Waals surface area contributed by atoms with Crippen molar-refractivity contribution >= 4 is 0 Å². The molecule has 0 atom stereocenters. The minimum Gasteiger partial charge on any atom is -0.490 e. The number of benzene rings is 1. The maximum Gasteiger partial charge on any atom is 0.165 e. The second-order valence-corrected chi connectivity index (χ2v) is 6.12. The summed E-state index contributed by atoms with van der Waals surface area (Å²) < 4.78 is 11.7. The van der Waals surface area contributed by atoms with E-state index in [1.54, 1.807) is 0 Å². The molecule has 0 amide bonds. The highest BCUT2D eigenvalue weighted by molar-refractivity contribution is 5.46. The minimum absolute atomic E-state index is 0.280. The summed E-state index contributed by atoms with van der Waals surface area (Å²) in [5, 5.41) is 3.35. The molecule has 0 spiro atoms. The second kappa shape index (κ2) is 8.15. The van der Waals surface area contributed by atoms with Crippen LogP contribution in [0, 0.1) is 5.41 Å². The first-order chi connectivity index (χ1) is 9.48. The monoisotopic (exact) mass is 279 g/mol. The second-order valence-electron chi connectivity index (χ2n) is 6.12. The first kappa shape index (κ1) is 16.8. The summed E-state index contributed by atoms with van der Waals surface area (Å²) in [6.07, 6.45) is 1.02. The summed E-state index contributed by atoms with van der Waals surface area (Å²) in [7, 11) is 0. The number of nitrogens with one attached hydrogen (secondary N) is 1. The Hall–Kier alpha value is -1.22. The lowest BCUT2D eigenvalue weighted by Crippen LogP contribution is -2.15. The van der Waals surface area contributed by atoms with E-state index in [1.165, 1.54) is 0 Å². The quantitative estimate of drug-likeness (QED) is 0.780. The van der Waals surface area contributed by atoms with E-state index in [0.29, 0.717) is 13.2 Å². The Balaban J connectivity index is 2.81. The molecule has 1 aromatic rings. The third-order valence-electron chi connectivity index (χ3n) is 3.02. The molecule has 0 heterocycles. The molecule has 1 rings (SSSR count). The predicted molar refractivity (Wildman–Crippen MR) is 84.6 cm³/mol. The van der Waals surface area contributed by atoms with E-state index < -0.39 is 0 Å². The van der Waals surface area contributed by atoms with Crippen molar-refractivity contribution in [3.8, 4) is 11.5 Å². The van der Waals surface area contributed by atoms with Gasteiger partial charge in [0.05, 0.1) is 13.2 Å². The van der Waals surface area contributed by atoms with E-state index in [4.69, 9.17) is 9.47 Å². The van der Waals surface area contributed by atoms with Gasteiger partial charge in [0.2, 0.25) is 0 Å². The molecule has 20 heavy (non-hydrogen) atoms. The minimum atomic E-state index is 0.280. The molecule has 0 aromatic heterocycles. The van der Waals surface area contributed by atoms with Crippen molar-refractivity contribution in [2.24, 2.45) is 5.41 Å².